The Morgan fingerprint density at radius 3 is 2.57 bits per heavy atom. The van der Waals surface area contributed by atoms with Crippen LogP contribution in [0.1, 0.15) is 19.3 Å². The number of nitrogens with zero attached hydrogens (tertiary/aromatic N) is 1. The minimum absolute atomic E-state index is 0.418. The normalized spacial score (nSPS) is 29.6. The summed E-state index contributed by atoms with van der Waals surface area (Å²) in [5.41, 5.74) is 0. The highest BCUT2D eigenvalue weighted by Gasteiger charge is 2.51. The van der Waals surface area contributed by atoms with E-state index in [1.54, 1.807) is 0 Å². The standard InChI is InChI=1S/C10H18Cl2N2/c1-14(5-4-13-9-2-3-9)7-8-6-10(8,11)12/h8-9,13H,2-7H2,1H3. The molecule has 2 nitrogen and oxygen atoms in total. The molecule has 2 fully saturated rings. The first-order valence-corrected chi connectivity index (χ1v) is 6.13. The van der Waals surface area contributed by atoms with Gasteiger partial charge in [0.15, 0.2) is 0 Å². The quantitative estimate of drug-likeness (QED) is 0.709. The van der Waals surface area contributed by atoms with Crippen LogP contribution < -0.4 is 5.32 Å². The molecule has 0 amide bonds. The largest absolute Gasteiger partial charge is 0.313 e. The zero-order chi connectivity index (χ0) is 10.2. The number of halogens is 2. The van der Waals surface area contributed by atoms with E-state index in [-0.39, 0.29) is 0 Å². The number of hydrogen-bond acceptors (Lipinski definition) is 2. The molecule has 0 aromatic rings. The first-order valence-electron chi connectivity index (χ1n) is 5.38. The Labute approximate surface area is 95.9 Å². The SMILES string of the molecule is CN(CCNC1CC1)CC1CC1(Cl)Cl. The smallest absolute Gasteiger partial charge is 0.122 e. The van der Waals surface area contributed by atoms with Gasteiger partial charge in [0.25, 0.3) is 0 Å². The molecule has 1 atom stereocenters. The Bertz CT molecular complexity index is 204. The summed E-state index contributed by atoms with van der Waals surface area (Å²) in [5.74, 6) is 0.483. The van der Waals surface area contributed by atoms with Crippen molar-refractivity contribution >= 4 is 23.2 Å². The number of rotatable bonds is 6. The Morgan fingerprint density at radius 1 is 1.43 bits per heavy atom. The van der Waals surface area contributed by atoms with Gasteiger partial charge in [-0.15, -0.1) is 23.2 Å². The molecule has 1 N–H and O–H groups in total. The minimum Gasteiger partial charge on any atom is -0.313 e. The van der Waals surface area contributed by atoms with Crippen molar-refractivity contribution in [3.8, 4) is 0 Å². The van der Waals surface area contributed by atoms with E-state index in [9.17, 15) is 0 Å². The number of alkyl halides is 2. The number of likely N-dealkylation sites (N-methyl/N-ethyl adjacent to an activating group) is 1. The summed E-state index contributed by atoms with van der Waals surface area (Å²) >= 11 is 11.9. The highest BCUT2D eigenvalue weighted by atomic mass is 35.5. The first kappa shape index (κ1) is 11.0. The third-order valence-electron chi connectivity index (χ3n) is 2.99. The van der Waals surface area contributed by atoms with Gasteiger partial charge in [0.05, 0.1) is 0 Å². The van der Waals surface area contributed by atoms with E-state index in [1.807, 2.05) is 0 Å². The molecule has 0 bridgehead atoms. The van der Waals surface area contributed by atoms with Crippen molar-refractivity contribution < 1.29 is 0 Å². The Morgan fingerprint density at radius 2 is 2.07 bits per heavy atom. The third-order valence-corrected chi connectivity index (χ3v) is 3.92. The molecule has 0 radical (unpaired) electrons. The fourth-order valence-electron chi connectivity index (χ4n) is 1.68. The maximum absolute atomic E-state index is 5.97. The van der Waals surface area contributed by atoms with Gasteiger partial charge >= 0.3 is 0 Å². The highest BCUT2D eigenvalue weighted by molar-refractivity contribution is 6.50. The molecule has 0 aliphatic heterocycles. The van der Waals surface area contributed by atoms with Gasteiger partial charge in [-0.25, -0.2) is 0 Å². The first-order chi connectivity index (χ1) is 6.58. The molecule has 2 aliphatic rings. The van der Waals surface area contributed by atoms with Crippen LogP contribution in [0.25, 0.3) is 0 Å². The Hall–Kier alpha value is 0.500. The van der Waals surface area contributed by atoms with Gasteiger partial charge in [-0.1, -0.05) is 0 Å². The predicted octanol–water partition coefficient (Wildman–Crippen LogP) is 1.86. The summed E-state index contributed by atoms with van der Waals surface area (Å²) in [7, 11) is 2.14. The van der Waals surface area contributed by atoms with E-state index in [0.717, 1.165) is 32.1 Å². The van der Waals surface area contributed by atoms with Gasteiger partial charge in [-0.3, -0.25) is 0 Å². The lowest BCUT2D eigenvalue weighted by Gasteiger charge is -2.16. The summed E-state index contributed by atoms with van der Waals surface area (Å²) in [6.07, 6.45) is 3.67. The molecular formula is C10H18Cl2N2. The maximum atomic E-state index is 5.97. The molecule has 4 heteroatoms. The summed E-state index contributed by atoms with van der Waals surface area (Å²) in [6, 6.07) is 0.810. The van der Waals surface area contributed by atoms with Crippen LogP contribution in [0.15, 0.2) is 0 Å². The van der Waals surface area contributed by atoms with E-state index in [1.165, 1.54) is 12.8 Å². The molecule has 0 aromatic carbocycles. The maximum Gasteiger partial charge on any atom is 0.122 e. The van der Waals surface area contributed by atoms with Crippen LogP contribution in [0.4, 0.5) is 0 Å². The molecule has 0 heterocycles. The molecule has 2 saturated carbocycles. The van der Waals surface area contributed by atoms with E-state index < -0.39 is 4.33 Å². The van der Waals surface area contributed by atoms with Crippen LogP contribution in [0.3, 0.4) is 0 Å². The molecule has 0 aromatic heterocycles. The van der Waals surface area contributed by atoms with Crippen LogP contribution in [0.2, 0.25) is 0 Å². The lowest BCUT2D eigenvalue weighted by Crippen LogP contribution is -2.32. The molecule has 2 aliphatic carbocycles. The fourth-order valence-corrected chi connectivity index (χ4v) is 2.19. The van der Waals surface area contributed by atoms with Gasteiger partial charge in [-0.05, 0) is 26.3 Å². The molecule has 2 rings (SSSR count). The number of nitrogens with one attached hydrogen (secondary N) is 1. The Balaban J connectivity index is 1.52. The molecule has 14 heavy (non-hydrogen) atoms. The van der Waals surface area contributed by atoms with Crippen molar-refractivity contribution in [2.45, 2.75) is 29.6 Å². The summed E-state index contributed by atoms with van der Waals surface area (Å²) < 4.78 is -0.418. The third kappa shape index (κ3) is 3.27. The Kier molecular flexibility index (Phi) is 3.27. The molecule has 1 unspecified atom stereocenters. The summed E-state index contributed by atoms with van der Waals surface area (Å²) in [5, 5.41) is 3.49. The predicted molar refractivity (Wildman–Crippen MR) is 61.1 cm³/mol. The van der Waals surface area contributed by atoms with E-state index in [0.29, 0.717) is 5.92 Å². The van der Waals surface area contributed by atoms with E-state index >= 15 is 0 Å². The van der Waals surface area contributed by atoms with E-state index in [4.69, 9.17) is 23.2 Å². The van der Waals surface area contributed by atoms with Crippen molar-refractivity contribution in [2.24, 2.45) is 5.92 Å². The van der Waals surface area contributed by atoms with Crippen LogP contribution in [-0.2, 0) is 0 Å². The fraction of sp³-hybridized carbons (Fsp3) is 1.00. The van der Waals surface area contributed by atoms with Crippen LogP contribution in [-0.4, -0.2) is 42.0 Å². The second-order valence-electron chi connectivity index (χ2n) is 4.65. The van der Waals surface area contributed by atoms with E-state index in [2.05, 4.69) is 17.3 Å². The van der Waals surface area contributed by atoms with Crippen molar-refractivity contribution in [3.05, 3.63) is 0 Å². The van der Waals surface area contributed by atoms with Crippen molar-refractivity contribution in [3.63, 3.8) is 0 Å². The minimum atomic E-state index is -0.418. The summed E-state index contributed by atoms with van der Waals surface area (Å²) in [4.78, 5) is 2.31. The van der Waals surface area contributed by atoms with Crippen molar-refractivity contribution in [2.75, 3.05) is 26.7 Å². The average molecular weight is 237 g/mol. The molecule has 0 saturated heterocycles. The molecular weight excluding hydrogens is 219 g/mol. The van der Waals surface area contributed by atoms with Crippen molar-refractivity contribution in [1.29, 1.82) is 0 Å². The summed E-state index contributed by atoms with van der Waals surface area (Å²) in [6.45, 7) is 3.21. The lowest BCUT2D eigenvalue weighted by atomic mass is 10.4. The van der Waals surface area contributed by atoms with Crippen molar-refractivity contribution in [1.82, 2.24) is 10.2 Å². The zero-order valence-electron chi connectivity index (χ0n) is 8.60. The number of hydrogen-bond donors (Lipinski definition) is 1. The van der Waals surface area contributed by atoms with Gasteiger partial charge in [-0.2, -0.15) is 0 Å². The monoisotopic (exact) mass is 236 g/mol. The second kappa shape index (κ2) is 4.17. The lowest BCUT2D eigenvalue weighted by molar-refractivity contribution is 0.317. The van der Waals surface area contributed by atoms with Crippen LogP contribution in [0, 0.1) is 5.92 Å². The van der Waals surface area contributed by atoms with Crippen LogP contribution in [0.5, 0.6) is 0 Å². The zero-order valence-corrected chi connectivity index (χ0v) is 10.1. The molecule has 0 spiro atoms. The van der Waals surface area contributed by atoms with Gasteiger partial charge in [0.2, 0.25) is 0 Å². The highest BCUT2D eigenvalue weighted by Crippen LogP contribution is 2.53. The topological polar surface area (TPSA) is 15.3 Å². The molecule has 82 valence electrons. The van der Waals surface area contributed by atoms with Gasteiger partial charge in [0.1, 0.15) is 4.33 Å². The second-order valence-corrected chi connectivity index (χ2v) is 6.20. The van der Waals surface area contributed by atoms with Gasteiger partial charge < -0.3 is 10.2 Å². The average Bonchev–Trinajstić information content (AvgIpc) is 2.93. The van der Waals surface area contributed by atoms with Crippen LogP contribution >= 0.6 is 23.2 Å². The van der Waals surface area contributed by atoms with Gasteiger partial charge in [0, 0.05) is 31.6 Å².